The number of likely N-dealkylation sites (tertiary alicyclic amines) is 1. The summed E-state index contributed by atoms with van der Waals surface area (Å²) in [5.41, 5.74) is 1.97. The molecule has 158 valence electrons. The molecule has 2 aliphatic heterocycles. The van der Waals surface area contributed by atoms with Crippen molar-refractivity contribution in [3.05, 3.63) is 28.6 Å². The highest BCUT2D eigenvalue weighted by Gasteiger charge is 2.28. The van der Waals surface area contributed by atoms with Crippen LogP contribution in [0.25, 0.3) is 21.9 Å². The van der Waals surface area contributed by atoms with Crippen molar-refractivity contribution in [1.82, 2.24) is 19.0 Å². The number of benzene rings is 1. The molecule has 7 nitrogen and oxygen atoms in total. The van der Waals surface area contributed by atoms with Crippen molar-refractivity contribution in [2.24, 2.45) is 0 Å². The summed E-state index contributed by atoms with van der Waals surface area (Å²) in [4.78, 5) is 33.5. The predicted molar refractivity (Wildman–Crippen MR) is 118 cm³/mol. The van der Waals surface area contributed by atoms with E-state index in [-0.39, 0.29) is 18.0 Å². The third-order valence-electron chi connectivity index (χ3n) is 6.39. The third-order valence-corrected chi connectivity index (χ3v) is 7.34. The van der Waals surface area contributed by atoms with Gasteiger partial charge in [0.15, 0.2) is 5.16 Å². The summed E-state index contributed by atoms with van der Waals surface area (Å²) in [7, 11) is 1.63. The fraction of sp³-hybridized carbons (Fsp3) is 0.500. The zero-order valence-electron chi connectivity index (χ0n) is 17.4. The van der Waals surface area contributed by atoms with Crippen LogP contribution in [0, 0.1) is 0 Å². The number of ether oxygens (including phenoxy) is 1. The first kappa shape index (κ1) is 19.5. The largest absolute Gasteiger partial charge is 0.497 e. The van der Waals surface area contributed by atoms with E-state index >= 15 is 0 Å². The maximum absolute atomic E-state index is 13.4. The predicted octanol–water partition coefficient (Wildman–Crippen LogP) is 3.26. The molecule has 30 heavy (non-hydrogen) atoms. The summed E-state index contributed by atoms with van der Waals surface area (Å²) in [6.07, 6.45) is 4.24. The third kappa shape index (κ3) is 3.00. The van der Waals surface area contributed by atoms with E-state index in [4.69, 9.17) is 9.72 Å². The number of hydrogen-bond acceptors (Lipinski definition) is 5. The lowest BCUT2D eigenvalue weighted by Crippen LogP contribution is -2.45. The Kier molecular flexibility index (Phi) is 4.97. The van der Waals surface area contributed by atoms with E-state index in [1.54, 1.807) is 23.4 Å². The number of methoxy groups -OCH3 is 1. The maximum Gasteiger partial charge on any atom is 0.278 e. The quantitative estimate of drug-likeness (QED) is 0.599. The Balaban J connectivity index is 1.68. The summed E-state index contributed by atoms with van der Waals surface area (Å²) in [6.45, 7) is 3.75. The van der Waals surface area contributed by atoms with Gasteiger partial charge in [0.05, 0.1) is 12.6 Å². The zero-order valence-corrected chi connectivity index (χ0v) is 18.2. The van der Waals surface area contributed by atoms with Gasteiger partial charge in [0.25, 0.3) is 5.56 Å². The maximum atomic E-state index is 13.4. The first-order valence-corrected chi connectivity index (χ1v) is 11.6. The molecule has 0 N–H and O–H groups in total. The second kappa shape index (κ2) is 7.65. The Labute approximate surface area is 179 Å². The van der Waals surface area contributed by atoms with Gasteiger partial charge in [0.2, 0.25) is 5.91 Å². The molecule has 1 saturated heterocycles. The number of rotatable bonds is 4. The van der Waals surface area contributed by atoms with E-state index in [0.29, 0.717) is 29.4 Å². The molecule has 1 fully saturated rings. The molecule has 1 atom stereocenters. The van der Waals surface area contributed by atoms with Crippen LogP contribution in [0.2, 0.25) is 0 Å². The lowest BCUT2D eigenvalue weighted by Gasteiger charge is -2.35. The number of nitrogens with zero attached hydrogens (tertiary/aromatic N) is 4. The average molecular weight is 427 g/mol. The minimum absolute atomic E-state index is 0.0614. The van der Waals surface area contributed by atoms with Crippen molar-refractivity contribution in [3.8, 4) is 5.75 Å². The molecular weight excluding hydrogens is 400 g/mol. The molecule has 0 saturated carbocycles. The Hall–Kier alpha value is -2.48. The molecule has 4 heterocycles. The van der Waals surface area contributed by atoms with E-state index in [9.17, 15) is 9.59 Å². The lowest BCUT2D eigenvalue weighted by atomic mass is 10.00. The highest BCUT2D eigenvalue weighted by molar-refractivity contribution is 7.99. The summed E-state index contributed by atoms with van der Waals surface area (Å²) >= 11 is 1.60. The van der Waals surface area contributed by atoms with Crippen LogP contribution in [-0.2, 0) is 17.9 Å². The van der Waals surface area contributed by atoms with E-state index in [1.165, 1.54) is 6.42 Å². The van der Waals surface area contributed by atoms with Gasteiger partial charge in [0, 0.05) is 30.3 Å². The fourth-order valence-electron chi connectivity index (χ4n) is 4.82. The van der Waals surface area contributed by atoms with Gasteiger partial charge in [-0.3, -0.25) is 14.2 Å². The van der Waals surface area contributed by atoms with Gasteiger partial charge in [-0.2, -0.15) is 0 Å². The first-order chi connectivity index (χ1) is 14.6. The topological polar surface area (TPSA) is 69.4 Å². The monoisotopic (exact) mass is 426 g/mol. The van der Waals surface area contributed by atoms with Gasteiger partial charge in [0.1, 0.15) is 23.3 Å². The minimum Gasteiger partial charge on any atom is -0.497 e. The van der Waals surface area contributed by atoms with Crippen molar-refractivity contribution >= 4 is 39.6 Å². The molecule has 0 spiro atoms. The summed E-state index contributed by atoms with van der Waals surface area (Å²) in [6, 6.07) is 6.01. The standard InChI is InChI=1S/C22H26N4O3S/c1-3-14-6-4-5-9-24(14)18(27)13-26-17-8-7-15(29-2)12-16(17)19-20(26)21(28)25-10-11-30-22(25)23-19/h7-8,12,14H,3-6,9-11,13H2,1-2H3/t14-/m0/s1. The molecular formula is C22H26N4O3S. The van der Waals surface area contributed by atoms with E-state index < -0.39 is 0 Å². The summed E-state index contributed by atoms with van der Waals surface area (Å²) < 4.78 is 9.02. The Morgan fingerprint density at radius 3 is 2.97 bits per heavy atom. The Morgan fingerprint density at radius 2 is 2.17 bits per heavy atom. The number of carbonyl (C=O) groups excluding carboxylic acids is 1. The number of hydrogen-bond donors (Lipinski definition) is 0. The molecule has 0 aliphatic carbocycles. The van der Waals surface area contributed by atoms with Gasteiger partial charge < -0.3 is 14.2 Å². The highest BCUT2D eigenvalue weighted by atomic mass is 32.2. The van der Waals surface area contributed by atoms with E-state index in [2.05, 4.69) is 6.92 Å². The van der Waals surface area contributed by atoms with Crippen molar-refractivity contribution in [1.29, 1.82) is 0 Å². The SMILES string of the molecule is CC[C@H]1CCCCN1C(=O)Cn1c2ccc(OC)cc2c2nc3n(c(=O)c21)CCS3. The van der Waals surface area contributed by atoms with Crippen LogP contribution in [0.5, 0.6) is 5.75 Å². The summed E-state index contributed by atoms with van der Waals surface area (Å²) in [5, 5.41) is 1.61. The van der Waals surface area contributed by atoms with Crippen molar-refractivity contribution in [2.45, 2.75) is 56.9 Å². The molecule has 0 unspecified atom stereocenters. The van der Waals surface area contributed by atoms with E-state index in [0.717, 1.165) is 47.6 Å². The molecule has 1 amide bonds. The second-order valence-corrected chi connectivity index (χ2v) is 9.07. The van der Waals surface area contributed by atoms with Crippen LogP contribution < -0.4 is 10.3 Å². The van der Waals surface area contributed by atoms with Crippen LogP contribution >= 0.6 is 11.8 Å². The molecule has 1 aromatic carbocycles. The van der Waals surface area contributed by atoms with Crippen LogP contribution in [-0.4, -0.2) is 50.4 Å². The lowest BCUT2D eigenvalue weighted by molar-refractivity contribution is -0.135. The zero-order chi connectivity index (χ0) is 20.8. The molecule has 8 heteroatoms. The Bertz CT molecular complexity index is 1200. The van der Waals surface area contributed by atoms with E-state index in [1.807, 2.05) is 27.7 Å². The number of thioether (sulfide) groups is 1. The first-order valence-electron chi connectivity index (χ1n) is 10.7. The molecule has 0 radical (unpaired) electrons. The molecule has 2 aromatic heterocycles. The van der Waals surface area contributed by atoms with Gasteiger partial charge in [-0.1, -0.05) is 18.7 Å². The van der Waals surface area contributed by atoms with Crippen molar-refractivity contribution in [3.63, 3.8) is 0 Å². The average Bonchev–Trinajstić information content (AvgIpc) is 3.37. The van der Waals surface area contributed by atoms with Crippen LogP contribution in [0.1, 0.15) is 32.6 Å². The minimum atomic E-state index is -0.0614. The normalized spacial score (nSPS) is 18.9. The fourth-order valence-corrected chi connectivity index (χ4v) is 5.77. The smallest absolute Gasteiger partial charge is 0.278 e. The molecule has 5 rings (SSSR count). The van der Waals surface area contributed by atoms with Crippen LogP contribution in [0.15, 0.2) is 28.2 Å². The molecule has 2 aliphatic rings. The number of aromatic nitrogens is 3. The number of fused-ring (bicyclic) bond motifs is 4. The van der Waals surface area contributed by atoms with Crippen molar-refractivity contribution in [2.75, 3.05) is 19.4 Å². The van der Waals surface area contributed by atoms with Crippen molar-refractivity contribution < 1.29 is 9.53 Å². The molecule has 0 bridgehead atoms. The van der Waals surface area contributed by atoms with Gasteiger partial charge in [-0.05, 0) is 43.9 Å². The van der Waals surface area contributed by atoms with Crippen LogP contribution in [0.4, 0.5) is 0 Å². The van der Waals surface area contributed by atoms with Gasteiger partial charge in [-0.25, -0.2) is 4.98 Å². The highest BCUT2D eigenvalue weighted by Crippen LogP contribution is 2.32. The number of amides is 1. The number of carbonyl (C=O) groups is 1. The summed E-state index contributed by atoms with van der Waals surface area (Å²) in [5.74, 6) is 1.64. The Morgan fingerprint density at radius 1 is 1.30 bits per heavy atom. The number of piperidine rings is 1. The van der Waals surface area contributed by atoms with Crippen LogP contribution in [0.3, 0.4) is 0 Å². The van der Waals surface area contributed by atoms with Gasteiger partial charge in [-0.15, -0.1) is 0 Å². The second-order valence-electron chi connectivity index (χ2n) is 8.01. The van der Waals surface area contributed by atoms with Gasteiger partial charge >= 0.3 is 0 Å². The molecule has 3 aromatic rings.